The molecule has 1 atom stereocenters. The predicted molar refractivity (Wildman–Crippen MR) is 149 cm³/mol. The van der Waals surface area contributed by atoms with Gasteiger partial charge in [0, 0.05) is 22.2 Å². The molecule has 4 aromatic carbocycles. The van der Waals surface area contributed by atoms with Crippen LogP contribution >= 0.6 is 39.1 Å². The Labute approximate surface area is 239 Å². The van der Waals surface area contributed by atoms with E-state index in [2.05, 4.69) is 15.9 Å². The number of hydrogen-bond acceptors (Lipinski definition) is 7. The number of carbonyl (C=O) groups excluding carboxylic acids is 2. The number of esters is 2. The third-order valence-corrected chi connectivity index (χ3v) is 8.23. The summed E-state index contributed by atoms with van der Waals surface area (Å²) in [5, 5.41) is 0.829. The normalized spacial score (nSPS) is 11.6. The summed E-state index contributed by atoms with van der Waals surface area (Å²) in [5.74, 6) is -1.48. The minimum Gasteiger partial charge on any atom is -0.490 e. The van der Waals surface area contributed by atoms with Crippen LogP contribution < -0.4 is 18.9 Å². The Hall–Kier alpha value is -3.11. The van der Waals surface area contributed by atoms with E-state index in [-0.39, 0.29) is 59.2 Å². The molecule has 0 aromatic heterocycles. The third-order valence-electron chi connectivity index (χ3n) is 5.33. The fourth-order valence-electron chi connectivity index (χ4n) is 3.80. The topological polar surface area (TPSA) is 88.1 Å². The van der Waals surface area contributed by atoms with Gasteiger partial charge in [-0.25, -0.2) is 9.00 Å². The molecule has 0 aliphatic carbocycles. The van der Waals surface area contributed by atoms with Gasteiger partial charge in [-0.2, -0.15) is 0 Å². The minimum absolute atomic E-state index is 0.00157. The van der Waals surface area contributed by atoms with Crippen LogP contribution in [-0.4, -0.2) is 30.4 Å². The fraction of sp³-hybridized carbons (Fsp3) is 0.111. The molecular formula is C27H19BrCl2O7S. The van der Waals surface area contributed by atoms with Crippen molar-refractivity contribution in [1.29, 1.82) is 0 Å². The van der Waals surface area contributed by atoms with E-state index in [4.69, 9.17) is 42.1 Å². The van der Waals surface area contributed by atoms with Gasteiger partial charge in [-0.3, -0.25) is 4.79 Å². The van der Waals surface area contributed by atoms with E-state index < -0.39 is 22.7 Å². The highest BCUT2D eigenvalue weighted by Crippen LogP contribution is 2.53. The Balaban J connectivity index is 2.06. The molecule has 0 aliphatic heterocycles. The number of fused-ring (bicyclic) bond motifs is 1. The highest BCUT2D eigenvalue weighted by atomic mass is 79.9. The summed E-state index contributed by atoms with van der Waals surface area (Å²) in [5.41, 5.74) is 0.264. The summed E-state index contributed by atoms with van der Waals surface area (Å²) >= 11 is 16.1. The van der Waals surface area contributed by atoms with Crippen LogP contribution in [-0.2, 0) is 15.6 Å². The second kappa shape index (κ2) is 11.7. The Morgan fingerprint density at radius 3 is 2.03 bits per heavy atom. The molecule has 1 unspecified atom stereocenters. The lowest BCUT2D eigenvalue weighted by atomic mass is 10.1. The molecule has 11 heteroatoms. The number of ether oxygens (including phenoxy) is 4. The van der Waals surface area contributed by atoms with Crippen LogP contribution in [0.15, 0.2) is 74.9 Å². The average molecular weight is 638 g/mol. The monoisotopic (exact) mass is 636 g/mol. The molecule has 0 amide bonds. The number of rotatable bonds is 7. The van der Waals surface area contributed by atoms with Crippen molar-refractivity contribution in [2.75, 3.05) is 14.2 Å². The number of hydrogen-bond donors (Lipinski definition) is 0. The third kappa shape index (κ3) is 5.37. The first kappa shape index (κ1) is 27.9. The lowest BCUT2D eigenvalue weighted by molar-refractivity contribution is -0.131. The lowest BCUT2D eigenvalue weighted by Crippen LogP contribution is -2.12. The van der Waals surface area contributed by atoms with Gasteiger partial charge in [0.25, 0.3) is 0 Å². The van der Waals surface area contributed by atoms with Crippen molar-refractivity contribution in [3.8, 4) is 23.0 Å². The van der Waals surface area contributed by atoms with Crippen molar-refractivity contribution in [1.82, 2.24) is 0 Å². The summed E-state index contributed by atoms with van der Waals surface area (Å²) < 4.78 is 37.1. The molecule has 0 N–H and O–H groups in total. The fourth-order valence-corrected chi connectivity index (χ4v) is 6.32. The lowest BCUT2D eigenvalue weighted by Gasteiger charge is -2.21. The van der Waals surface area contributed by atoms with Crippen LogP contribution in [0.5, 0.6) is 23.0 Å². The van der Waals surface area contributed by atoms with E-state index in [0.717, 1.165) is 0 Å². The first-order valence-corrected chi connectivity index (χ1v) is 13.6. The molecule has 0 saturated heterocycles. The van der Waals surface area contributed by atoms with Crippen LogP contribution in [0.3, 0.4) is 0 Å². The first-order chi connectivity index (χ1) is 18.2. The van der Waals surface area contributed by atoms with Crippen molar-refractivity contribution in [3.05, 3.63) is 80.7 Å². The summed E-state index contributed by atoms with van der Waals surface area (Å²) in [7, 11) is 0.738. The smallest absolute Gasteiger partial charge is 0.343 e. The number of carbonyl (C=O) groups is 2. The molecule has 0 saturated carbocycles. The zero-order chi connectivity index (χ0) is 27.6. The SMILES string of the molecule is COc1c(OC)c(OC(C)=O)c2c(S(=O)c3c(Cl)cccc3Cl)cccc2c1OC(=O)c1cccc(Br)c1. The van der Waals surface area contributed by atoms with Crippen LogP contribution in [0.1, 0.15) is 17.3 Å². The maximum atomic E-state index is 13.9. The van der Waals surface area contributed by atoms with Crippen molar-refractivity contribution >= 4 is 72.6 Å². The van der Waals surface area contributed by atoms with Crippen LogP contribution in [0.25, 0.3) is 10.8 Å². The summed E-state index contributed by atoms with van der Waals surface area (Å²) in [6.45, 7) is 1.21. The summed E-state index contributed by atoms with van der Waals surface area (Å²) in [6, 6.07) is 16.2. The van der Waals surface area contributed by atoms with E-state index in [9.17, 15) is 13.8 Å². The van der Waals surface area contributed by atoms with Gasteiger partial charge < -0.3 is 18.9 Å². The van der Waals surface area contributed by atoms with E-state index in [1.807, 2.05) is 0 Å². The van der Waals surface area contributed by atoms with Gasteiger partial charge in [-0.1, -0.05) is 63.4 Å². The van der Waals surface area contributed by atoms with Gasteiger partial charge in [-0.15, -0.1) is 0 Å². The van der Waals surface area contributed by atoms with E-state index in [1.165, 1.54) is 21.1 Å². The standard InChI is InChI=1S/C27H19BrCl2O7S/c1-14(31)36-23-21-17(9-5-12-20(21)38(33)26-18(29)10-6-11-19(26)30)22(24(34-2)25(23)35-3)37-27(32)15-7-4-8-16(28)13-15/h4-13H,1-3H3. The molecule has 0 bridgehead atoms. The van der Waals surface area contributed by atoms with Crippen LogP contribution in [0.2, 0.25) is 10.0 Å². The predicted octanol–water partition coefficient (Wildman–Crippen LogP) is 7.24. The minimum atomic E-state index is -1.95. The number of methoxy groups -OCH3 is 2. The highest BCUT2D eigenvalue weighted by Gasteiger charge is 2.30. The average Bonchev–Trinajstić information content (AvgIpc) is 2.88. The molecule has 0 heterocycles. The zero-order valence-electron chi connectivity index (χ0n) is 20.2. The van der Waals surface area contributed by atoms with Gasteiger partial charge in [0.15, 0.2) is 11.5 Å². The molecule has 7 nitrogen and oxygen atoms in total. The molecule has 0 radical (unpaired) electrons. The molecule has 38 heavy (non-hydrogen) atoms. The highest BCUT2D eigenvalue weighted by molar-refractivity contribution is 9.10. The molecule has 0 fully saturated rings. The number of benzene rings is 4. The van der Waals surface area contributed by atoms with E-state index in [1.54, 1.807) is 60.7 Å². The van der Waals surface area contributed by atoms with E-state index >= 15 is 0 Å². The maximum absolute atomic E-state index is 13.9. The van der Waals surface area contributed by atoms with Gasteiger partial charge >= 0.3 is 11.9 Å². The summed E-state index contributed by atoms with van der Waals surface area (Å²) in [6.07, 6.45) is 0. The molecule has 0 aliphatic rings. The first-order valence-electron chi connectivity index (χ1n) is 10.9. The van der Waals surface area contributed by atoms with Gasteiger partial charge in [0.1, 0.15) is 0 Å². The van der Waals surface area contributed by atoms with Gasteiger partial charge in [0.2, 0.25) is 11.5 Å². The van der Waals surface area contributed by atoms with Gasteiger partial charge in [-0.05, 0) is 36.4 Å². The molecule has 196 valence electrons. The maximum Gasteiger partial charge on any atom is 0.343 e. The second-order valence-electron chi connectivity index (χ2n) is 7.72. The van der Waals surface area contributed by atoms with Crippen molar-refractivity contribution < 1.29 is 32.7 Å². The Kier molecular flexibility index (Phi) is 8.62. The zero-order valence-corrected chi connectivity index (χ0v) is 24.1. The molecular weight excluding hydrogens is 619 g/mol. The van der Waals surface area contributed by atoms with Crippen molar-refractivity contribution in [2.45, 2.75) is 16.7 Å². The van der Waals surface area contributed by atoms with E-state index in [0.29, 0.717) is 4.47 Å². The summed E-state index contributed by atoms with van der Waals surface area (Å²) in [4.78, 5) is 25.6. The van der Waals surface area contributed by atoms with Crippen LogP contribution in [0.4, 0.5) is 0 Å². The van der Waals surface area contributed by atoms with Gasteiger partial charge in [0.05, 0.1) is 50.4 Å². The van der Waals surface area contributed by atoms with Crippen LogP contribution in [0, 0.1) is 0 Å². The molecule has 4 aromatic rings. The Morgan fingerprint density at radius 2 is 1.42 bits per heavy atom. The van der Waals surface area contributed by atoms with Crippen molar-refractivity contribution in [2.24, 2.45) is 0 Å². The Morgan fingerprint density at radius 1 is 0.816 bits per heavy atom. The number of halogens is 3. The molecule has 4 rings (SSSR count). The Bertz CT molecular complexity index is 1590. The second-order valence-corrected chi connectivity index (χ2v) is 10.8. The van der Waals surface area contributed by atoms with Crippen molar-refractivity contribution in [3.63, 3.8) is 0 Å². The molecule has 0 spiro atoms. The quantitative estimate of drug-likeness (QED) is 0.156. The largest absolute Gasteiger partial charge is 0.490 e.